The highest BCUT2D eigenvalue weighted by Gasteiger charge is 2.42. The van der Waals surface area contributed by atoms with E-state index in [1.54, 1.807) is 11.0 Å². The molecule has 0 unspecified atom stereocenters. The van der Waals surface area contributed by atoms with Crippen molar-refractivity contribution in [3.8, 4) is 0 Å². The first kappa shape index (κ1) is 24.5. The number of ether oxygens (including phenoxy) is 1. The Morgan fingerprint density at radius 3 is 2.34 bits per heavy atom. The molecule has 2 bridgehead atoms. The smallest absolute Gasteiger partial charge is 0.410 e. The summed E-state index contributed by atoms with van der Waals surface area (Å²) >= 11 is 6.07. The van der Waals surface area contributed by atoms with Crippen molar-refractivity contribution < 1.29 is 9.53 Å². The molecule has 11 nitrogen and oxygen atoms in total. The van der Waals surface area contributed by atoms with Gasteiger partial charge in [-0.25, -0.2) is 14.8 Å². The number of benzene rings is 1. The number of fused-ring (bicyclic) bond motifs is 2. The van der Waals surface area contributed by atoms with E-state index < -0.39 is 0 Å². The van der Waals surface area contributed by atoms with Crippen LogP contribution in [0.15, 0.2) is 48.8 Å². The molecular formula is C26H30ClN9O2. The zero-order valence-electron chi connectivity index (χ0n) is 21.0. The molecule has 198 valence electrons. The van der Waals surface area contributed by atoms with Crippen LogP contribution in [0.25, 0.3) is 0 Å². The van der Waals surface area contributed by atoms with Gasteiger partial charge in [-0.05, 0) is 18.4 Å². The molecular weight excluding hydrogens is 506 g/mol. The summed E-state index contributed by atoms with van der Waals surface area (Å²) in [4.78, 5) is 30.5. The van der Waals surface area contributed by atoms with Crippen molar-refractivity contribution in [3.63, 3.8) is 0 Å². The van der Waals surface area contributed by atoms with Crippen LogP contribution in [0.3, 0.4) is 0 Å². The molecule has 3 aromatic rings. The molecule has 5 heterocycles. The van der Waals surface area contributed by atoms with Gasteiger partial charge in [0.15, 0.2) is 11.0 Å². The van der Waals surface area contributed by atoms with Gasteiger partial charge in [-0.15, -0.1) is 10.2 Å². The lowest BCUT2D eigenvalue weighted by Crippen LogP contribution is -2.54. The monoisotopic (exact) mass is 535 g/mol. The number of nitrogens with two attached hydrogens (primary N) is 1. The summed E-state index contributed by atoms with van der Waals surface area (Å²) in [6.45, 7) is 4.49. The van der Waals surface area contributed by atoms with Crippen LogP contribution < -0.4 is 20.4 Å². The van der Waals surface area contributed by atoms with Crippen molar-refractivity contribution in [2.45, 2.75) is 31.5 Å². The third-order valence-electron chi connectivity index (χ3n) is 7.56. The van der Waals surface area contributed by atoms with Gasteiger partial charge < -0.3 is 30.1 Å². The topological polar surface area (TPSA) is 117 Å². The van der Waals surface area contributed by atoms with E-state index in [1.807, 2.05) is 42.7 Å². The molecule has 6 rings (SSSR count). The van der Waals surface area contributed by atoms with Crippen LogP contribution in [0, 0.1) is 0 Å². The number of rotatable bonds is 5. The minimum atomic E-state index is -0.277. The van der Waals surface area contributed by atoms with Gasteiger partial charge in [0, 0.05) is 57.4 Å². The fraction of sp³-hybridized carbons (Fsp3) is 0.423. The van der Waals surface area contributed by atoms with Crippen LogP contribution >= 0.6 is 11.6 Å². The average Bonchev–Trinajstić information content (AvgIpc) is 3.22. The van der Waals surface area contributed by atoms with Crippen molar-refractivity contribution in [1.29, 1.82) is 0 Å². The predicted octanol–water partition coefficient (Wildman–Crippen LogP) is 2.82. The molecule has 12 heteroatoms. The van der Waals surface area contributed by atoms with Crippen LogP contribution in [0.1, 0.15) is 18.4 Å². The summed E-state index contributed by atoms with van der Waals surface area (Å²) < 4.78 is 5.48. The van der Waals surface area contributed by atoms with E-state index in [0.29, 0.717) is 37.1 Å². The first-order valence-electron chi connectivity index (χ1n) is 12.9. The molecule has 1 aromatic carbocycles. The van der Waals surface area contributed by atoms with Gasteiger partial charge >= 0.3 is 6.09 Å². The molecule has 0 saturated carbocycles. The van der Waals surface area contributed by atoms with E-state index in [1.165, 1.54) is 0 Å². The second kappa shape index (κ2) is 10.5. The number of aromatic nitrogens is 4. The number of amides is 1. The summed E-state index contributed by atoms with van der Waals surface area (Å²) in [7, 11) is 0. The lowest BCUT2D eigenvalue weighted by Gasteiger charge is -2.42. The van der Waals surface area contributed by atoms with E-state index in [-0.39, 0.29) is 24.8 Å². The van der Waals surface area contributed by atoms with E-state index in [9.17, 15) is 4.79 Å². The van der Waals surface area contributed by atoms with E-state index in [0.717, 1.165) is 48.8 Å². The highest BCUT2D eigenvalue weighted by molar-refractivity contribution is 6.29. The van der Waals surface area contributed by atoms with Gasteiger partial charge in [0.05, 0.1) is 23.8 Å². The Balaban J connectivity index is 1.04. The fourth-order valence-corrected chi connectivity index (χ4v) is 5.76. The van der Waals surface area contributed by atoms with Crippen LogP contribution in [0.4, 0.5) is 27.9 Å². The molecule has 3 saturated heterocycles. The third-order valence-corrected chi connectivity index (χ3v) is 7.74. The molecule has 0 spiro atoms. The number of carbonyl (C=O) groups excluding carboxylic acids is 1. The zero-order chi connectivity index (χ0) is 26.1. The SMILES string of the molecule is Nc1nnc(Cl)cc1N1C[C@H]2CC[C@@H](C1)N2c1ncc(N2CCN(C(=O)OCc3ccccc3)CC2)cn1. The van der Waals surface area contributed by atoms with Crippen LogP contribution in [0.2, 0.25) is 5.15 Å². The Bertz CT molecular complexity index is 1260. The quantitative estimate of drug-likeness (QED) is 0.522. The number of nitrogens with zero attached hydrogens (tertiary/aromatic N) is 8. The first-order chi connectivity index (χ1) is 18.5. The molecule has 3 aliphatic heterocycles. The summed E-state index contributed by atoms with van der Waals surface area (Å²) in [6.07, 6.45) is 5.65. The van der Waals surface area contributed by atoms with Crippen molar-refractivity contribution in [1.82, 2.24) is 25.1 Å². The van der Waals surface area contributed by atoms with Crippen molar-refractivity contribution in [2.75, 3.05) is 59.7 Å². The second-order valence-electron chi connectivity index (χ2n) is 9.89. The summed E-state index contributed by atoms with van der Waals surface area (Å²) in [5.41, 5.74) is 8.86. The Morgan fingerprint density at radius 1 is 0.974 bits per heavy atom. The fourth-order valence-electron chi connectivity index (χ4n) is 5.62. The standard InChI is InChI=1S/C26H30ClN9O2/c27-23-12-22(24(28)32-31-23)35-15-19-6-7-20(16-35)36(19)25-29-13-21(14-30-25)33-8-10-34(11-9-33)26(37)38-17-18-4-2-1-3-5-18/h1-5,12-14,19-20H,6-11,15-17H2,(H2,28,32)/t19-,20+. The minimum Gasteiger partial charge on any atom is -0.445 e. The van der Waals surface area contributed by atoms with E-state index in [4.69, 9.17) is 32.0 Å². The Hall–Kier alpha value is -3.86. The number of hydrogen-bond donors (Lipinski definition) is 1. The summed E-state index contributed by atoms with van der Waals surface area (Å²) in [5.74, 6) is 1.15. The Labute approximate surface area is 226 Å². The first-order valence-corrected chi connectivity index (χ1v) is 13.3. The van der Waals surface area contributed by atoms with Crippen LogP contribution in [-0.2, 0) is 11.3 Å². The Kier molecular flexibility index (Phi) is 6.75. The molecule has 2 atom stereocenters. The molecule has 0 aliphatic carbocycles. The van der Waals surface area contributed by atoms with E-state index >= 15 is 0 Å². The van der Waals surface area contributed by atoms with Gasteiger partial charge in [-0.3, -0.25) is 0 Å². The molecule has 38 heavy (non-hydrogen) atoms. The lowest BCUT2D eigenvalue weighted by molar-refractivity contribution is 0.0942. The predicted molar refractivity (Wildman–Crippen MR) is 145 cm³/mol. The largest absolute Gasteiger partial charge is 0.445 e. The number of halogens is 1. The highest BCUT2D eigenvalue weighted by Crippen LogP contribution is 2.36. The zero-order valence-corrected chi connectivity index (χ0v) is 21.7. The van der Waals surface area contributed by atoms with Crippen molar-refractivity contribution >= 4 is 40.8 Å². The Morgan fingerprint density at radius 2 is 1.66 bits per heavy atom. The number of hydrogen-bond acceptors (Lipinski definition) is 10. The summed E-state index contributed by atoms with van der Waals surface area (Å²) in [6, 6.07) is 12.1. The van der Waals surface area contributed by atoms with Crippen LogP contribution in [-0.4, -0.2) is 82.5 Å². The maximum Gasteiger partial charge on any atom is 0.410 e. The van der Waals surface area contributed by atoms with Gasteiger partial charge in [-0.2, -0.15) is 0 Å². The van der Waals surface area contributed by atoms with Crippen molar-refractivity contribution in [3.05, 3.63) is 59.5 Å². The van der Waals surface area contributed by atoms with Gasteiger partial charge in [0.25, 0.3) is 0 Å². The normalized spacial score (nSPS) is 21.1. The molecule has 2 N–H and O–H groups in total. The highest BCUT2D eigenvalue weighted by atomic mass is 35.5. The molecule has 0 radical (unpaired) electrons. The lowest BCUT2D eigenvalue weighted by atomic mass is 10.2. The van der Waals surface area contributed by atoms with Gasteiger partial charge in [-0.1, -0.05) is 41.9 Å². The molecule has 3 fully saturated rings. The van der Waals surface area contributed by atoms with Crippen molar-refractivity contribution in [2.24, 2.45) is 0 Å². The van der Waals surface area contributed by atoms with Gasteiger partial charge in [0.1, 0.15) is 6.61 Å². The second-order valence-corrected chi connectivity index (χ2v) is 10.3. The van der Waals surface area contributed by atoms with Gasteiger partial charge in [0.2, 0.25) is 5.95 Å². The number of carbonyl (C=O) groups is 1. The van der Waals surface area contributed by atoms with Crippen LogP contribution in [0.5, 0.6) is 0 Å². The molecule has 3 aliphatic rings. The molecule has 1 amide bonds. The number of piperazine rings is 2. The van der Waals surface area contributed by atoms with E-state index in [2.05, 4.69) is 24.9 Å². The maximum absolute atomic E-state index is 12.5. The number of anilines is 4. The third kappa shape index (κ3) is 4.98. The number of nitrogen functional groups attached to an aromatic ring is 1. The summed E-state index contributed by atoms with van der Waals surface area (Å²) in [5, 5.41) is 8.15. The minimum absolute atomic E-state index is 0.277. The maximum atomic E-state index is 12.5. The average molecular weight is 536 g/mol. The molecule has 2 aromatic heterocycles.